The minimum absolute atomic E-state index is 0.210. The molecule has 0 radical (unpaired) electrons. The quantitative estimate of drug-likeness (QED) is 0.846. The van der Waals surface area contributed by atoms with Crippen LogP contribution < -0.4 is 0 Å². The van der Waals surface area contributed by atoms with Crippen molar-refractivity contribution in [2.75, 3.05) is 13.6 Å². The summed E-state index contributed by atoms with van der Waals surface area (Å²) in [5.74, 6) is 0. The molecule has 17 heavy (non-hydrogen) atoms. The van der Waals surface area contributed by atoms with Crippen molar-refractivity contribution in [1.82, 2.24) is 15.1 Å². The molecule has 0 fully saturated rings. The molecule has 1 aliphatic heterocycles. The van der Waals surface area contributed by atoms with Gasteiger partial charge in [0.05, 0.1) is 11.9 Å². The summed E-state index contributed by atoms with van der Waals surface area (Å²) in [7, 11) is 2.10. The van der Waals surface area contributed by atoms with Gasteiger partial charge in [-0.15, -0.1) is 0 Å². The second-order valence-corrected chi connectivity index (χ2v) is 4.66. The Morgan fingerprint density at radius 3 is 3.00 bits per heavy atom. The fourth-order valence-corrected chi connectivity index (χ4v) is 2.03. The monoisotopic (exact) mass is 236 g/mol. The Morgan fingerprint density at radius 1 is 1.59 bits per heavy atom. The molecule has 1 aliphatic rings. The number of aryl methyl sites for hydroxylation is 1. The van der Waals surface area contributed by atoms with Crippen LogP contribution in [0.3, 0.4) is 0 Å². The van der Waals surface area contributed by atoms with Crippen LogP contribution in [0.15, 0.2) is 11.4 Å². The molecule has 1 N–H and O–H groups in total. The van der Waals surface area contributed by atoms with E-state index in [1.54, 1.807) is 0 Å². The Hall–Kier alpha value is -1.36. The summed E-state index contributed by atoms with van der Waals surface area (Å²) in [6.45, 7) is 5.95. The molecule has 0 spiro atoms. The third-order valence-corrected chi connectivity index (χ3v) is 3.09. The first-order valence-corrected chi connectivity index (χ1v) is 6.08. The van der Waals surface area contributed by atoms with Crippen LogP contribution in [0.4, 0.5) is 0 Å². The van der Waals surface area contributed by atoms with Crippen molar-refractivity contribution in [2.45, 2.75) is 39.3 Å². The summed E-state index contributed by atoms with van der Waals surface area (Å²) in [6, 6.07) is 0. The van der Waals surface area contributed by atoms with Crippen LogP contribution in [0.1, 0.15) is 31.0 Å². The van der Waals surface area contributed by atoms with E-state index in [9.17, 15) is 0 Å². The maximum Gasteiger partial charge on any atom is 0.145 e. The van der Waals surface area contributed by atoms with Gasteiger partial charge in [-0.25, -0.2) is 0 Å². The number of oxime groups is 1. The molecule has 0 aliphatic carbocycles. The number of nitrogens with one attached hydrogen (secondary N) is 1. The first-order valence-electron chi connectivity index (χ1n) is 6.08. The minimum Gasteiger partial charge on any atom is -0.391 e. The standard InChI is InChI=1S/C12H20N4O/c1-4-11-5-12(17-15-11)8-16(3)7-10-6-13-14-9(10)2/h6,12H,4-5,7-8H2,1-3H3,(H,13,14)/t12-/m1/s1. The molecule has 94 valence electrons. The zero-order chi connectivity index (χ0) is 12.3. The zero-order valence-corrected chi connectivity index (χ0v) is 10.7. The van der Waals surface area contributed by atoms with Crippen molar-refractivity contribution in [3.63, 3.8) is 0 Å². The lowest BCUT2D eigenvalue weighted by molar-refractivity contribution is 0.0576. The van der Waals surface area contributed by atoms with Crippen LogP contribution in [0.2, 0.25) is 0 Å². The third-order valence-electron chi connectivity index (χ3n) is 3.09. The summed E-state index contributed by atoms with van der Waals surface area (Å²) in [4.78, 5) is 7.65. The molecular formula is C12H20N4O. The largest absolute Gasteiger partial charge is 0.391 e. The molecule has 1 atom stereocenters. The van der Waals surface area contributed by atoms with Crippen molar-refractivity contribution < 1.29 is 4.84 Å². The highest BCUT2D eigenvalue weighted by molar-refractivity contribution is 5.85. The topological polar surface area (TPSA) is 53.5 Å². The summed E-state index contributed by atoms with van der Waals surface area (Å²) >= 11 is 0. The maximum absolute atomic E-state index is 5.40. The average molecular weight is 236 g/mol. The van der Waals surface area contributed by atoms with Gasteiger partial charge in [0, 0.05) is 30.8 Å². The van der Waals surface area contributed by atoms with Crippen LogP contribution in [0.25, 0.3) is 0 Å². The summed E-state index contributed by atoms with van der Waals surface area (Å²) in [6.07, 6.45) is 4.05. The summed E-state index contributed by atoms with van der Waals surface area (Å²) < 4.78 is 0. The fraction of sp³-hybridized carbons (Fsp3) is 0.667. The lowest BCUT2D eigenvalue weighted by atomic mass is 10.1. The van der Waals surface area contributed by atoms with Gasteiger partial charge in [0.1, 0.15) is 6.10 Å². The van der Waals surface area contributed by atoms with E-state index in [1.807, 2.05) is 13.1 Å². The molecule has 1 aromatic heterocycles. The number of likely N-dealkylation sites (N-methyl/N-ethyl adjacent to an activating group) is 1. The van der Waals surface area contributed by atoms with Crippen LogP contribution in [0.5, 0.6) is 0 Å². The highest BCUT2D eigenvalue weighted by Gasteiger charge is 2.21. The van der Waals surface area contributed by atoms with Gasteiger partial charge in [-0.3, -0.25) is 10.00 Å². The number of H-pyrrole nitrogens is 1. The number of nitrogens with zero attached hydrogens (tertiary/aromatic N) is 3. The van der Waals surface area contributed by atoms with E-state index in [4.69, 9.17) is 4.84 Å². The summed E-state index contributed by atoms with van der Waals surface area (Å²) in [5, 5.41) is 11.1. The van der Waals surface area contributed by atoms with Crippen LogP contribution in [0, 0.1) is 6.92 Å². The molecule has 0 aromatic carbocycles. The van der Waals surface area contributed by atoms with Crippen LogP contribution in [-0.4, -0.2) is 40.5 Å². The van der Waals surface area contributed by atoms with Crippen LogP contribution >= 0.6 is 0 Å². The number of aromatic amines is 1. The molecule has 0 amide bonds. The van der Waals surface area contributed by atoms with E-state index in [1.165, 1.54) is 11.3 Å². The fourth-order valence-electron chi connectivity index (χ4n) is 2.03. The van der Waals surface area contributed by atoms with Crippen molar-refractivity contribution in [1.29, 1.82) is 0 Å². The summed E-state index contributed by atoms with van der Waals surface area (Å²) in [5.41, 5.74) is 3.54. The molecule has 2 heterocycles. The number of rotatable bonds is 5. The Morgan fingerprint density at radius 2 is 2.41 bits per heavy atom. The molecule has 2 rings (SSSR count). The van der Waals surface area contributed by atoms with Gasteiger partial charge in [-0.05, 0) is 20.4 Å². The van der Waals surface area contributed by atoms with Gasteiger partial charge < -0.3 is 4.84 Å². The SMILES string of the molecule is CCC1=NO[C@@H](CN(C)Cc2cn[nH]c2C)C1. The Labute approximate surface area is 102 Å². The van der Waals surface area contributed by atoms with Gasteiger partial charge in [0.25, 0.3) is 0 Å². The Kier molecular flexibility index (Phi) is 3.78. The molecular weight excluding hydrogens is 216 g/mol. The third kappa shape index (κ3) is 3.06. The molecule has 5 nitrogen and oxygen atoms in total. The number of hydrogen-bond acceptors (Lipinski definition) is 4. The Bertz CT molecular complexity index is 399. The maximum atomic E-state index is 5.40. The van der Waals surface area contributed by atoms with E-state index < -0.39 is 0 Å². The van der Waals surface area contributed by atoms with Gasteiger partial charge in [-0.2, -0.15) is 5.10 Å². The highest BCUT2D eigenvalue weighted by atomic mass is 16.6. The number of hydrogen-bond donors (Lipinski definition) is 1. The smallest absolute Gasteiger partial charge is 0.145 e. The first-order chi connectivity index (χ1) is 8.19. The minimum atomic E-state index is 0.210. The van der Waals surface area contributed by atoms with Gasteiger partial charge in [-0.1, -0.05) is 12.1 Å². The van der Waals surface area contributed by atoms with Gasteiger partial charge in [0.15, 0.2) is 0 Å². The van der Waals surface area contributed by atoms with E-state index >= 15 is 0 Å². The van der Waals surface area contributed by atoms with Crippen molar-refractivity contribution >= 4 is 5.71 Å². The lowest BCUT2D eigenvalue weighted by Gasteiger charge is -2.19. The van der Waals surface area contributed by atoms with E-state index in [0.29, 0.717) is 0 Å². The predicted molar refractivity (Wildman–Crippen MR) is 66.9 cm³/mol. The average Bonchev–Trinajstić information content (AvgIpc) is 2.89. The van der Waals surface area contributed by atoms with Crippen molar-refractivity contribution in [3.8, 4) is 0 Å². The number of aromatic nitrogens is 2. The lowest BCUT2D eigenvalue weighted by Crippen LogP contribution is -2.29. The van der Waals surface area contributed by atoms with E-state index in [0.717, 1.165) is 31.6 Å². The molecule has 0 saturated heterocycles. The highest BCUT2D eigenvalue weighted by Crippen LogP contribution is 2.14. The van der Waals surface area contributed by atoms with Crippen molar-refractivity contribution in [3.05, 3.63) is 17.5 Å². The predicted octanol–water partition coefficient (Wildman–Crippen LogP) is 1.70. The van der Waals surface area contributed by atoms with E-state index in [-0.39, 0.29) is 6.10 Å². The van der Waals surface area contributed by atoms with Gasteiger partial charge >= 0.3 is 0 Å². The van der Waals surface area contributed by atoms with Crippen molar-refractivity contribution in [2.24, 2.45) is 5.16 Å². The van der Waals surface area contributed by atoms with Crippen LogP contribution in [-0.2, 0) is 11.4 Å². The normalized spacial score (nSPS) is 19.5. The molecule has 0 saturated carbocycles. The first kappa shape index (κ1) is 12.1. The second-order valence-electron chi connectivity index (χ2n) is 4.66. The molecule has 0 unspecified atom stereocenters. The Balaban J connectivity index is 1.79. The molecule has 0 bridgehead atoms. The zero-order valence-electron chi connectivity index (χ0n) is 10.7. The van der Waals surface area contributed by atoms with Gasteiger partial charge in [0.2, 0.25) is 0 Å². The second kappa shape index (κ2) is 5.31. The molecule has 1 aromatic rings. The molecule has 5 heteroatoms. The van der Waals surface area contributed by atoms with E-state index in [2.05, 4.69) is 34.2 Å².